The van der Waals surface area contributed by atoms with Crippen molar-refractivity contribution in [3.63, 3.8) is 0 Å². The van der Waals surface area contributed by atoms with Crippen molar-refractivity contribution >= 4 is 32.7 Å². The number of aromatic nitrogens is 2. The molecule has 0 radical (unpaired) electrons. The van der Waals surface area contributed by atoms with Gasteiger partial charge in [-0.25, -0.2) is 9.97 Å². The van der Waals surface area contributed by atoms with Gasteiger partial charge in [0.25, 0.3) is 0 Å². The van der Waals surface area contributed by atoms with E-state index in [0.717, 1.165) is 35.7 Å². The molecule has 1 saturated heterocycles. The maximum atomic E-state index is 4.53. The van der Waals surface area contributed by atoms with Crippen LogP contribution in [0, 0.1) is 5.92 Å². The fourth-order valence-corrected chi connectivity index (χ4v) is 3.54. The Hall–Kier alpha value is -1.16. The Morgan fingerprint density at radius 3 is 3.05 bits per heavy atom. The first-order chi connectivity index (χ1) is 9.38. The Labute approximate surface area is 122 Å². The molecule has 2 aromatic rings. The van der Waals surface area contributed by atoms with E-state index in [-0.39, 0.29) is 0 Å². The molecular weight excluding hydrogens is 302 g/mol. The Morgan fingerprint density at radius 2 is 2.16 bits per heavy atom. The van der Waals surface area contributed by atoms with Gasteiger partial charge in [0.1, 0.15) is 12.1 Å². The molecule has 0 N–H and O–H groups in total. The lowest BCUT2D eigenvalue weighted by atomic mass is 9.95. The summed E-state index contributed by atoms with van der Waals surface area (Å²) in [6.45, 7) is 2.23. The van der Waals surface area contributed by atoms with Gasteiger partial charge in [-0.05, 0) is 37.3 Å². The number of alkyl halides is 1. The number of anilines is 1. The van der Waals surface area contributed by atoms with Crippen molar-refractivity contribution in [1.29, 1.82) is 0 Å². The molecule has 0 amide bonds. The molecule has 1 fully saturated rings. The lowest BCUT2D eigenvalue weighted by molar-refractivity contribution is 0.406. The van der Waals surface area contributed by atoms with Crippen LogP contribution in [0.3, 0.4) is 0 Å². The van der Waals surface area contributed by atoms with Gasteiger partial charge in [0.05, 0.1) is 5.52 Å². The Bertz CT molecular complexity index is 551. The SMILES string of the molecule is BrCCC1CCCN(c2ncnc3ccccc23)C1. The van der Waals surface area contributed by atoms with Crippen LogP contribution < -0.4 is 4.90 Å². The summed E-state index contributed by atoms with van der Waals surface area (Å²) in [6, 6.07) is 8.28. The summed E-state index contributed by atoms with van der Waals surface area (Å²) in [7, 11) is 0. The zero-order valence-electron chi connectivity index (χ0n) is 10.9. The Kier molecular flexibility index (Phi) is 3.97. The number of piperidine rings is 1. The fraction of sp³-hybridized carbons (Fsp3) is 0.467. The third-order valence-electron chi connectivity index (χ3n) is 3.86. The summed E-state index contributed by atoms with van der Waals surface area (Å²) >= 11 is 3.56. The summed E-state index contributed by atoms with van der Waals surface area (Å²) in [5, 5.41) is 2.26. The summed E-state index contributed by atoms with van der Waals surface area (Å²) in [4.78, 5) is 11.3. The van der Waals surface area contributed by atoms with Crippen LogP contribution in [-0.4, -0.2) is 28.4 Å². The minimum atomic E-state index is 0.779. The number of rotatable bonds is 3. The molecule has 100 valence electrons. The number of para-hydroxylation sites is 1. The largest absolute Gasteiger partial charge is 0.356 e. The minimum Gasteiger partial charge on any atom is -0.356 e. The number of halogens is 1. The summed E-state index contributed by atoms with van der Waals surface area (Å²) < 4.78 is 0. The van der Waals surface area contributed by atoms with Crippen LogP contribution in [0.25, 0.3) is 10.9 Å². The highest BCUT2D eigenvalue weighted by Crippen LogP contribution is 2.28. The van der Waals surface area contributed by atoms with Crippen molar-refractivity contribution in [1.82, 2.24) is 9.97 Å². The highest BCUT2D eigenvalue weighted by Gasteiger charge is 2.21. The van der Waals surface area contributed by atoms with E-state index < -0.39 is 0 Å². The van der Waals surface area contributed by atoms with Crippen LogP contribution >= 0.6 is 15.9 Å². The maximum absolute atomic E-state index is 4.53. The smallest absolute Gasteiger partial charge is 0.139 e. The van der Waals surface area contributed by atoms with Gasteiger partial charge in [0.15, 0.2) is 0 Å². The molecule has 3 rings (SSSR count). The van der Waals surface area contributed by atoms with Crippen LogP contribution in [0.5, 0.6) is 0 Å². The molecule has 1 aliphatic heterocycles. The number of nitrogens with zero attached hydrogens (tertiary/aromatic N) is 3. The van der Waals surface area contributed by atoms with Gasteiger partial charge in [-0.2, -0.15) is 0 Å². The van der Waals surface area contributed by atoms with E-state index >= 15 is 0 Å². The predicted octanol–water partition coefficient (Wildman–Crippen LogP) is 3.63. The second-order valence-electron chi connectivity index (χ2n) is 5.15. The van der Waals surface area contributed by atoms with E-state index in [1.54, 1.807) is 6.33 Å². The lowest BCUT2D eigenvalue weighted by Crippen LogP contribution is -2.36. The van der Waals surface area contributed by atoms with Gasteiger partial charge in [-0.3, -0.25) is 0 Å². The predicted molar refractivity (Wildman–Crippen MR) is 82.9 cm³/mol. The Balaban J connectivity index is 1.91. The van der Waals surface area contributed by atoms with Gasteiger partial charge in [0.2, 0.25) is 0 Å². The van der Waals surface area contributed by atoms with E-state index in [4.69, 9.17) is 0 Å². The number of hydrogen-bond acceptors (Lipinski definition) is 3. The fourth-order valence-electron chi connectivity index (χ4n) is 2.89. The van der Waals surface area contributed by atoms with Crippen LogP contribution in [0.1, 0.15) is 19.3 Å². The highest BCUT2D eigenvalue weighted by molar-refractivity contribution is 9.09. The maximum Gasteiger partial charge on any atom is 0.139 e. The first-order valence-electron chi connectivity index (χ1n) is 6.89. The van der Waals surface area contributed by atoms with Crippen molar-refractivity contribution in [2.24, 2.45) is 5.92 Å². The quantitative estimate of drug-likeness (QED) is 0.809. The van der Waals surface area contributed by atoms with Crippen molar-refractivity contribution in [2.75, 3.05) is 23.3 Å². The molecule has 1 aromatic heterocycles. The van der Waals surface area contributed by atoms with E-state index in [9.17, 15) is 0 Å². The van der Waals surface area contributed by atoms with Gasteiger partial charge in [0, 0.05) is 23.8 Å². The molecule has 0 aliphatic carbocycles. The van der Waals surface area contributed by atoms with Gasteiger partial charge < -0.3 is 4.90 Å². The van der Waals surface area contributed by atoms with E-state index in [1.165, 1.54) is 24.6 Å². The molecule has 0 saturated carbocycles. The highest BCUT2D eigenvalue weighted by atomic mass is 79.9. The molecule has 1 unspecified atom stereocenters. The first-order valence-corrected chi connectivity index (χ1v) is 8.01. The summed E-state index contributed by atoms with van der Waals surface area (Å²) in [5.41, 5.74) is 1.04. The number of hydrogen-bond donors (Lipinski definition) is 0. The van der Waals surface area contributed by atoms with Crippen LogP contribution in [0.15, 0.2) is 30.6 Å². The van der Waals surface area contributed by atoms with Crippen LogP contribution in [-0.2, 0) is 0 Å². The number of fused-ring (bicyclic) bond motifs is 1. The van der Waals surface area contributed by atoms with Crippen molar-refractivity contribution in [3.8, 4) is 0 Å². The topological polar surface area (TPSA) is 29.0 Å². The molecule has 19 heavy (non-hydrogen) atoms. The van der Waals surface area contributed by atoms with Crippen LogP contribution in [0.2, 0.25) is 0 Å². The molecule has 3 nitrogen and oxygen atoms in total. The minimum absolute atomic E-state index is 0.779. The molecular formula is C15H18BrN3. The van der Waals surface area contributed by atoms with Crippen LogP contribution in [0.4, 0.5) is 5.82 Å². The third-order valence-corrected chi connectivity index (χ3v) is 4.32. The van der Waals surface area contributed by atoms with Gasteiger partial charge in [-0.1, -0.05) is 28.1 Å². The standard InChI is InChI=1S/C15H18BrN3/c16-8-7-12-4-3-9-19(10-12)15-13-5-1-2-6-14(13)17-11-18-15/h1-2,5-6,11-12H,3-4,7-10H2. The zero-order chi connectivity index (χ0) is 13.1. The zero-order valence-corrected chi connectivity index (χ0v) is 12.5. The van der Waals surface area contributed by atoms with Gasteiger partial charge >= 0.3 is 0 Å². The summed E-state index contributed by atoms with van der Waals surface area (Å²) in [5.74, 6) is 1.88. The Morgan fingerprint density at radius 1 is 1.26 bits per heavy atom. The average molecular weight is 320 g/mol. The molecule has 0 bridgehead atoms. The first kappa shape index (κ1) is 12.9. The molecule has 2 heterocycles. The molecule has 0 spiro atoms. The summed E-state index contributed by atoms with van der Waals surface area (Å²) in [6.07, 6.45) is 5.53. The third kappa shape index (κ3) is 2.73. The van der Waals surface area contributed by atoms with Gasteiger partial charge in [-0.15, -0.1) is 0 Å². The second-order valence-corrected chi connectivity index (χ2v) is 5.94. The number of benzene rings is 1. The lowest BCUT2D eigenvalue weighted by Gasteiger charge is -2.33. The molecule has 4 heteroatoms. The average Bonchev–Trinajstić information content (AvgIpc) is 2.47. The second kappa shape index (κ2) is 5.87. The van der Waals surface area contributed by atoms with Crippen molar-refractivity contribution in [2.45, 2.75) is 19.3 Å². The molecule has 1 atom stereocenters. The molecule has 1 aromatic carbocycles. The van der Waals surface area contributed by atoms with E-state index in [1.807, 2.05) is 6.07 Å². The monoisotopic (exact) mass is 319 g/mol. The van der Waals surface area contributed by atoms with Crippen molar-refractivity contribution < 1.29 is 0 Å². The molecule has 1 aliphatic rings. The normalized spacial score (nSPS) is 19.8. The van der Waals surface area contributed by atoms with Crippen molar-refractivity contribution in [3.05, 3.63) is 30.6 Å². The van der Waals surface area contributed by atoms with E-state index in [0.29, 0.717) is 0 Å². The van der Waals surface area contributed by atoms with E-state index in [2.05, 4.69) is 49.0 Å².